The molecule has 7 nitrogen and oxygen atoms in total. The summed E-state index contributed by atoms with van der Waals surface area (Å²) in [5.41, 5.74) is 15.0. The summed E-state index contributed by atoms with van der Waals surface area (Å²) < 4.78 is 13.5. The molecule has 0 saturated carbocycles. The van der Waals surface area contributed by atoms with Gasteiger partial charge in [-0.3, -0.25) is 9.78 Å². The SMILES string of the molecule is Nc1ccc(-c2cccc(F)n2)nc1C(=O)Cc1cnccc1N1CCC[C@H](N)C1. The maximum atomic E-state index is 13.5. The van der Waals surface area contributed by atoms with Gasteiger partial charge in [0.05, 0.1) is 17.1 Å². The van der Waals surface area contributed by atoms with Crippen LogP contribution in [-0.4, -0.2) is 39.9 Å². The minimum atomic E-state index is -0.612. The second-order valence-corrected chi connectivity index (χ2v) is 7.43. The van der Waals surface area contributed by atoms with Crippen LogP contribution in [0.4, 0.5) is 15.8 Å². The Morgan fingerprint density at radius 2 is 2.00 bits per heavy atom. The first-order chi connectivity index (χ1) is 14.5. The number of hydrogen-bond donors (Lipinski definition) is 2. The molecule has 3 aromatic heterocycles. The lowest BCUT2D eigenvalue weighted by atomic mass is 10.0. The molecule has 1 aliphatic rings. The third kappa shape index (κ3) is 4.28. The summed E-state index contributed by atoms with van der Waals surface area (Å²) in [7, 11) is 0. The van der Waals surface area contributed by atoms with E-state index in [1.165, 1.54) is 6.07 Å². The number of aromatic nitrogens is 3. The molecule has 0 radical (unpaired) electrons. The lowest BCUT2D eigenvalue weighted by molar-refractivity contribution is 0.0989. The zero-order valence-electron chi connectivity index (χ0n) is 16.5. The van der Waals surface area contributed by atoms with Crippen molar-refractivity contribution in [2.45, 2.75) is 25.3 Å². The van der Waals surface area contributed by atoms with Crippen molar-refractivity contribution in [1.82, 2.24) is 15.0 Å². The van der Waals surface area contributed by atoms with Gasteiger partial charge in [-0.2, -0.15) is 4.39 Å². The third-order valence-corrected chi connectivity index (χ3v) is 5.20. The molecule has 3 aromatic rings. The topological polar surface area (TPSA) is 111 Å². The first kappa shape index (κ1) is 19.9. The number of halogens is 1. The summed E-state index contributed by atoms with van der Waals surface area (Å²) >= 11 is 0. The Bertz CT molecular complexity index is 1070. The first-order valence-electron chi connectivity index (χ1n) is 9.87. The molecule has 0 unspecified atom stereocenters. The number of carbonyl (C=O) groups is 1. The van der Waals surface area contributed by atoms with Crippen LogP contribution in [0.2, 0.25) is 0 Å². The summed E-state index contributed by atoms with van der Waals surface area (Å²) in [5, 5.41) is 0. The molecule has 8 heteroatoms. The van der Waals surface area contributed by atoms with E-state index in [-0.39, 0.29) is 29.6 Å². The number of anilines is 2. The van der Waals surface area contributed by atoms with Crippen LogP contribution in [0.15, 0.2) is 48.8 Å². The molecule has 0 aromatic carbocycles. The minimum absolute atomic E-state index is 0.103. The number of ketones is 1. The first-order valence-corrected chi connectivity index (χ1v) is 9.87. The Labute approximate surface area is 174 Å². The zero-order chi connectivity index (χ0) is 21.1. The van der Waals surface area contributed by atoms with Crippen molar-refractivity contribution in [1.29, 1.82) is 0 Å². The van der Waals surface area contributed by atoms with Gasteiger partial charge in [0.2, 0.25) is 5.95 Å². The smallest absolute Gasteiger partial charge is 0.213 e. The van der Waals surface area contributed by atoms with Crippen molar-refractivity contribution in [3.8, 4) is 11.4 Å². The molecular weight excluding hydrogens is 383 g/mol. The Balaban J connectivity index is 1.61. The van der Waals surface area contributed by atoms with Crippen molar-refractivity contribution >= 4 is 17.2 Å². The fraction of sp³-hybridized carbons (Fsp3) is 0.273. The summed E-state index contributed by atoms with van der Waals surface area (Å²) in [6.07, 6.45) is 5.52. The summed E-state index contributed by atoms with van der Waals surface area (Å²) in [4.78, 5) is 27.7. The number of nitrogens with two attached hydrogens (primary N) is 2. The number of pyridine rings is 3. The van der Waals surface area contributed by atoms with Crippen molar-refractivity contribution in [3.05, 3.63) is 66.0 Å². The zero-order valence-corrected chi connectivity index (χ0v) is 16.5. The van der Waals surface area contributed by atoms with Crippen LogP contribution < -0.4 is 16.4 Å². The van der Waals surface area contributed by atoms with Crippen molar-refractivity contribution in [2.75, 3.05) is 23.7 Å². The molecule has 30 heavy (non-hydrogen) atoms. The predicted octanol–water partition coefficient (Wildman–Crippen LogP) is 2.61. The molecule has 4 rings (SSSR count). The van der Waals surface area contributed by atoms with Gasteiger partial charge in [-0.1, -0.05) is 6.07 Å². The van der Waals surface area contributed by atoms with Crippen molar-refractivity contribution in [3.63, 3.8) is 0 Å². The standard InChI is InChI=1S/C22H23FN6O/c23-21-5-1-4-17(27-21)18-7-6-16(25)22(28-18)20(30)11-14-12-26-9-8-19(14)29-10-2-3-15(24)13-29/h1,4-9,12,15H,2-3,10-11,13,24-25H2/t15-/m0/s1. The van der Waals surface area contributed by atoms with Crippen molar-refractivity contribution < 1.29 is 9.18 Å². The van der Waals surface area contributed by atoms with Gasteiger partial charge in [0, 0.05) is 49.2 Å². The van der Waals surface area contributed by atoms with E-state index < -0.39 is 5.95 Å². The highest BCUT2D eigenvalue weighted by atomic mass is 19.1. The van der Waals surface area contributed by atoms with E-state index in [2.05, 4.69) is 19.9 Å². The van der Waals surface area contributed by atoms with E-state index in [1.807, 2.05) is 6.07 Å². The molecule has 0 bridgehead atoms. The van der Waals surface area contributed by atoms with Crippen molar-refractivity contribution in [2.24, 2.45) is 5.73 Å². The Morgan fingerprint density at radius 3 is 2.80 bits per heavy atom. The van der Waals surface area contributed by atoms with Crippen LogP contribution >= 0.6 is 0 Å². The number of rotatable bonds is 5. The van der Waals surface area contributed by atoms with E-state index in [9.17, 15) is 9.18 Å². The normalized spacial score (nSPS) is 16.5. The van der Waals surface area contributed by atoms with Crippen LogP contribution in [0.3, 0.4) is 0 Å². The fourth-order valence-electron chi connectivity index (χ4n) is 3.74. The predicted molar refractivity (Wildman–Crippen MR) is 114 cm³/mol. The maximum Gasteiger partial charge on any atom is 0.213 e. The van der Waals surface area contributed by atoms with E-state index >= 15 is 0 Å². The second-order valence-electron chi connectivity index (χ2n) is 7.43. The summed E-state index contributed by atoms with van der Waals surface area (Å²) in [6, 6.07) is 9.67. The highest BCUT2D eigenvalue weighted by Crippen LogP contribution is 2.26. The minimum Gasteiger partial charge on any atom is -0.397 e. The van der Waals surface area contributed by atoms with Gasteiger partial charge in [-0.15, -0.1) is 0 Å². The molecule has 1 fully saturated rings. The Morgan fingerprint density at radius 1 is 1.17 bits per heavy atom. The van der Waals surface area contributed by atoms with E-state index in [0.717, 1.165) is 37.2 Å². The van der Waals surface area contributed by atoms with Crippen LogP contribution in [0.5, 0.6) is 0 Å². The molecule has 4 heterocycles. The number of Topliss-reactive ketones (excluding diaryl/α,β-unsaturated/α-hetero) is 1. The molecule has 1 aliphatic heterocycles. The van der Waals surface area contributed by atoms with Gasteiger partial charge >= 0.3 is 0 Å². The molecule has 1 atom stereocenters. The lowest BCUT2D eigenvalue weighted by Crippen LogP contribution is -2.43. The molecule has 0 aliphatic carbocycles. The van der Waals surface area contributed by atoms with E-state index in [4.69, 9.17) is 11.5 Å². The maximum absolute atomic E-state index is 13.5. The third-order valence-electron chi connectivity index (χ3n) is 5.20. The highest BCUT2D eigenvalue weighted by Gasteiger charge is 2.22. The van der Waals surface area contributed by atoms with E-state index in [0.29, 0.717) is 11.4 Å². The van der Waals surface area contributed by atoms with Gasteiger partial charge in [0.15, 0.2) is 5.78 Å². The number of nitrogen functional groups attached to an aromatic ring is 1. The number of nitrogens with zero attached hydrogens (tertiary/aromatic N) is 4. The van der Waals surface area contributed by atoms with Gasteiger partial charge in [0.25, 0.3) is 0 Å². The average molecular weight is 406 g/mol. The quantitative estimate of drug-likeness (QED) is 0.495. The number of piperidine rings is 1. The average Bonchev–Trinajstić information content (AvgIpc) is 2.74. The Hall–Kier alpha value is -3.39. The van der Waals surface area contributed by atoms with Crippen LogP contribution in [0.25, 0.3) is 11.4 Å². The molecule has 154 valence electrons. The van der Waals surface area contributed by atoms with Crippen LogP contribution in [0, 0.1) is 5.95 Å². The van der Waals surface area contributed by atoms with Gasteiger partial charge in [-0.25, -0.2) is 9.97 Å². The molecule has 0 spiro atoms. The summed E-state index contributed by atoms with van der Waals surface area (Å²) in [6.45, 7) is 1.63. The van der Waals surface area contributed by atoms with Gasteiger partial charge in [-0.05, 0) is 43.2 Å². The highest BCUT2D eigenvalue weighted by molar-refractivity contribution is 6.01. The second kappa shape index (κ2) is 8.54. The monoisotopic (exact) mass is 406 g/mol. The number of carbonyl (C=O) groups excluding carboxylic acids is 1. The van der Waals surface area contributed by atoms with Crippen LogP contribution in [-0.2, 0) is 6.42 Å². The van der Waals surface area contributed by atoms with E-state index in [1.54, 1.807) is 36.7 Å². The van der Waals surface area contributed by atoms with Crippen LogP contribution in [0.1, 0.15) is 28.9 Å². The van der Waals surface area contributed by atoms with Gasteiger partial charge in [0.1, 0.15) is 5.69 Å². The fourth-order valence-corrected chi connectivity index (χ4v) is 3.74. The number of hydrogen-bond acceptors (Lipinski definition) is 7. The largest absolute Gasteiger partial charge is 0.397 e. The molecular formula is C22H23FN6O. The molecule has 1 saturated heterocycles. The lowest BCUT2D eigenvalue weighted by Gasteiger charge is -2.33. The molecule has 0 amide bonds. The Kier molecular flexibility index (Phi) is 5.67. The molecule has 4 N–H and O–H groups in total. The van der Waals surface area contributed by atoms with Gasteiger partial charge < -0.3 is 16.4 Å². The summed E-state index contributed by atoms with van der Waals surface area (Å²) in [5.74, 6) is -0.847.